The van der Waals surface area contributed by atoms with E-state index in [1.165, 1.54) is 52.4 Å². The zero-order chi connectivity index (χ0) is 20.1. The summed E-state index contributed by atoms with van der Waals surface area (Å²) < 4.78 is 26.7. The van der Waals surface area contributed by atoms with Crippen molar-refractivity contribution < 1.29 is 24.6 Å². The van der Waals surface area contributed by atoms with Gasteiger partial charge in [0.05, 0.1) is 105 Å². The van der Waals surface area contributed by atoms with Gasteiger partial charge in [-0.15, -0.1) is 28.0 Å². The van der Waals surface area contributed by atoms with Gasteiger partial charge in [-0.25, -0.2) is 0 Å². The topological polar surface area (TPSA) is 37.0 Å². The molecule has 6 heterocycles. The summed E-state index contributed by atoms with van der Waals surface area (Å²) in [6.07, 6.45) is 0. The summed E-state index contributed by atoms with van der Waals surface area (Å²) in [6.45, 7) is 19.1. The third kappa shape index (κ3) is 7.93. The number of hydrogen-bond donors (Lipinski definition) is 0. The van der Waals surface area contributed by atoms with Crippen molar-refractivity contribution in [3.8, 4) is 0 Å². The Hall–Kier alpha value is 1.74. The molecule has 0 spiro atoms. The summed E-state index contributed by atoms with van der Waals surface area (Å²) in [4.78, 5) is 0. The number of hydrogen-bond acceptors (Lipinski definition) is 8. The first-order chi connectivity index (χ1) is 14.3. The van der Waals surface area contributed by atoms with E-state index in [0.717, 1.165) is 52.6 Å². The van der Waals surface area contributed by atoms with Crippen LogP contribution in [0.25, 0.3) is 0 Å². The standard InChI is InChI=1S/2C8H16N3OP.2ClH.Zn/c2*1-2-9(1)13(10-3-4-10)11-5-7-12-8-6-11;;;/h2*1-8H2;2*1H;/q;;;;+2. The van der Waals surface area contributed by atoms with Crippen LogP contribution in [0, 0.1) is 0 Å². The molecule has 29 heavy (non-hydrogen) atoms. The van der Waals surface area contributed by atoms with Crippen molar-refractivity contribution in [1.82, 2.24) is 28.0 Å². The maximum atomic E-state index is 5.39. The molecule has 0 atom stereocenters. The zero-order valence-electron chi connectivity index (χ0n) is 17.3. The van der Waals surface area contributed by atoms with Crippen molar-refractivity contribution >= 4 is 36.1 Å². The molecule has 0 saturated carbocycles. The Morgan fingerprint density at radius 1 is 0.448 bits per heavy atom. The van der Waals surface area contributed by atoms with Gasteiger partial charge in [-0.05, 0) is 0 Å². The summed E-state index contributed by atoms with van der Waals surface area (Å²) in [5.41, 5.74) is 0. The summed E-state index contributed by atoms with van der Waals surface area (Å²) in [7, 11) is 9.03. The van der Waals surface area contributed by atoms with Gasteiger partial charge in [-0.2, -0.15) is 0 Å². The minimum absolute atomic E-state index is 0.437. The van der Waals surface area contributed by atoms with Gasteiger partial charge in [-0.3, -0.25) is 0 Å². The van der Waals surface area contributed by atoms with Crippen molar-refractivity contribution in [2.75, 3.05) is 105 Å². The average Bonchev–Trinajstić information content (AvgIpc) is 3.59. The number of rotatable bonds is 6. The minimum atomic E-state index is -0.931. The van der Waals surface area contributed by atoms with Crippen LogP contribution in [0.3, 0.4) is 0 Å². The van der Waals surface area contributed by atoms with Gasteiger partial charge in [0.15, 0.2) is 0 Å². The maximum absolute atomic E-state index is 5.39. The molecule has 0 amide bonds. The van der Waals surface area contributed by atoms with E-state index in [0.29, 0.717) is 0 Å². The van der Waals surface area contributed by atoms with E-state index in [9.17, 15) is 0 Å². The second-order valence-electron chi connectivity index (χ2n) is 7.85. The van der Waals surface area contributed by atoms with Crippen molar-refractivity contribution in [3.63, 3.8) is 0 Å². The first kappa shape index (κ1) is 23.9. The zero-order valence-corrected chi connectivity index (χ0v) is 23.8. The Bertz CT molecular complexity index is 428. The second-order valence-corrected chi connectivity index (χ2v) is 17.5. The van der Waals surface area contributed by atoms with E-state index in [2.05, 4.69) is 28.0 Å². The number of halogens is 2. The third-order valence-corrected chi connectivity index (χ3v) is 11.6. The molecule has 0 aromatic rings. The Labute approximate surface area is 193 Å². The first-order valence-corrected chi connectivity index (χ1v) is 21.3. The van der Waals surface area contributed by atoms with E-state index >= 15 is 0 Å². The van der Waals surface area contributed by atoms with Gasteiger partial charge >= 0.3 is 34.5 Å². The Kier molecular flexibility index (Phi) is 10.1. The molecule has 13 heteroatoms. The van der Waals surface area contributed by atoms with Gasteiger partial charge in [-0.1, -0.05) is 0 Å². The molecule has 0 aliphatic carbocycles. The van der Waals surface area contributed by atoms with Crippen LogP contribution in [0.15, 0.2) is 0 Å². The molecule has 6 rings (SSSR count). The molecule has 0 aromatic carbocycles. The molecule has 164 valence electrons. The van der Waals surface area contributed by atoms with Crippen molar-refractivity contribution in [1.29, 1.82) is 0 Å². The molecule has 0 radical (unpaired) electrons. The molecule has 6 saturated heterocycles. The van der Waals surface area contributed by atoms with Crippen LogP contribution in [0.4, 0.5) is 0 Å². The molecule has 6 fully saturated rings. The predicted molar refractivity (Wildman–Crippen MR) is 119 cm³/mol. The second kappa shape index (κ2) is 12.3. The molecule has 6 aliphatic heterocycles. The van der Waals surface area contributed by atoms with E-state index < -0.39 is 31.9 Å². The van der Waals surface area contributed by atoms with E-state index in [-0.39, 0.29) is 0 Å². The molecule has 8 nitrogen and oxygen atoms in total. The quantitative estimate of drug-likeness (QED) is 0.283. The molecule has 0 N–H and O–H groups in total. The van der Waals surface area contributed by atoms with Crippen LogP contribution in [0.1, 0.15) is 0 Å². The normalized spacial score (nSPS) is 28.3. The Morgan fingerprint density at radius 2 is 0.655 bits per heavy atom. The fourth-order valence-corrected chi connectivity index (χ4v) is 9.29. The SMILES string of the molecule is C1CN([PH+](N2CC2)N2CC2)CCO1.C1CN([PH+](N2CC2)N2CC2)CCO1.[Cl][Zn][Cl]. The van der Waals surface area contributed by atoms with Crippen LogP contribution in [-0.2, 0) is 24.6 Å². The Balaban J connectivity index is 0.000000125. The van der Waals surface area contributed by atoms with Gasteiger partial charge in [0.1, 0.15) is 0 Å². The summed E-state index contributed by atoms with van der Waals surface area (Å²) >= 11 is -0.931. The van der Waals surface area contributed by atoms with E-state index in [4.69, 9.17) is 28.9 Å². The predicted octanol–water partition coefficient (Wildman–Crippen LogP) is 1.19. The fourth-order valence-electron chi connectivity index (χ4n) is 3.73. The van der Waals surface area contributed by atoms with Crippen molar-refractivity contribution in [2.24, 2.45) is 0 Å². The summed E-state index contributed by atoms with van der Waals surface area (Å²) in [5.74, 6) is 0. The van der Waals surface area contributed by atoms with Crippen LogP contribution in [0.2, 0.25) is 0 Å². The fraction of sp³-hybridized carbons (Fsp3) is 1.00. The summed E-state index contributed by atoms with van der Waals surface area (Å²) in [5, 5.41) is 0. The van der Waals surface area contributed by atoms with E-state index in [1.807, 2.05) is 0 Å². The molecule has 0 unspecified atom stereocenters. The monoisotopic (exact) mass is 538 g/mol. The Morgan fingerprint density at radius 3 is 0.862 bits per heavy atom. The number of nitrogens with zero attached hydrogens (tertiary/aromatic N) is 6. The van der Waals surface area contributed by atoms with Crippen LogP contribution in [-0.4, -0.2) is 133 Å². The average molecular weight is 541 g/mol. The molecule has 0 bridgehead atoms. The molecule has 0 aromatic heterocycles. The van der Waals surface area contributed by atoms with Gasteiger partial charge in [0.25, 0.3) is 0 Å². The summed E-state index contributed by atoms with van der Waals surface area (Å²) in [6, 6.07) is 0. The molecular weight excluding hydrogens is 506 g/mol. The van der Waals surface area contributed by atoms with Gasteiger partial charge in [0.2, 0.25) is 16.7 Å². The molecule has 6 aliphatic rings. The number of ether oxygens (including phenoxy) is 2. The number of morpholine rings is 2. The van der Waals surface area contributed by atoms with Crippen molar-refractivity contribution in [3.05, 3.63) is 0 Å². The van der Waals surface area contributed by atoms with Crippen LogP contribution < -0.4 is 0 Å². The van der Waals surface area contributed by atoms with Gasteiger partial charge < -0.3 is 9.47 Å². The van der Waals surface area contributed by atoms with Gasteiger partial charge in [0, 0.05) is 0 Å². The third-order valence-electron chi connectivity index (χ3n) is 5.51. The van der Waals surface area contributed by atoms with Crippen molar-refractivity contribution in [2.45, 2.75) is 0 Å². The van der Waals surface area contributed by atoms with E-state index in [1.54, 1.807) is 0 Å². The molecular formula is C16H34Cl2N6O2P2Zn+2. The first-order valence-electron chi connectivity index (χ1n) is 10.8. The van der Waals surface area contributed by atoms with Crippen LogP contribution >= 0.6 is 36.1 Å². The van der Waals surface area contributed by atoms with Crippen LogP contribution in [0.5, 0.6) is 0 Å².